The summed E-state index contributed by atoms with van der Waals surface area (Å²) in [6.45, 7) is 2.04. The summed E-state index contributed by atoms with van der Waals surface area (Å²) in [4.78, 5) is 15.1. The number of rotatable bonds is 4. The molecule has 0 amide bonds. The molecule has 0 spiro atoms. The summed E-state index contributed by atoms with van der Waals surface area (Å²) < 4.78 is 1.02. The van der Waals surface area contributed by atoms with Gasteiger partial charge in [-0.3, -0.25) is 15.1 Å². The van der Waals surface area contributed by atoms with Crippen molar-refractivity contribution in [1.82, 2.24) is 4.98 Å². The Hall–Kier alpha value is -2.47. The van der Waals surface area contributed by atoms with Crippen molar-refractivity contribution in [2.45, 2.75) is 13.0 Å². The van der Waals surface area contributed by atoms with E-state index in [0.717, 1.165) is 15.7 Å². The maximum atomic E-state index is 11.2. The summed E-state index contributed by atoms with van der Waals surface area (Å²) in [5, 5.41) is 15.1. The quantitative estimate of drug-likeness (QED) is 0.512. The predicted octanol–water partition coefficient (Wildman–Crippen LogP) is 5.08. The summed E-state index contributed by atoms with van der Waals surface area (Å²) in [6, 6.07) is 14.7. The van der Waals surface area contributed by atoms with E-state index in [1.807, 2.05) is 31.2 Å². The van der Waals surface area contributed by atoms with E-state index in [1.165, 1.54) is 6.07 Å². The summed E-state index contributed by atoms with van der Waals surface area (Å²) in [5.74, 6) is 0. The number of benzene rings is 2. The lowest BCUT2D eigenvalue weighted by Gasteiger charge is -2.17. The molecule has 1 aromatic heterocycles. The lowest BCUT2D eigenvalue weighted by molar-refractivity contribution is -0.383. The Kier molecular flexibility index (Phi) is 4.25. The molecule has 5 nitrogen and oxygen atoms in total. The Balaban J connectivity index is 1.99. The largest absolute Gasteiger partial charge is 0.377 e. The molecule has 0 aliphatic rings. The molecule has 6 heteroatoms. The molecule has 2 aromatic carbocycles. The fourth-order valence-corrected chi connectivity index (χ4v) is 2.77. The first-order valence-electron chi connectivity index (χ1n) is 7.10. The maximum Gasteiger partial charge on any atom is 0.278 e. The van der Waals surface area contributed by atoms with Crippen LogP contribution in [-0.4, -0.2) is 9.91 Å². The minimum Gasteiger partial charge on any atom is -0.377 e. The highest BCUT2D eigenvalue weighted by Gasteiger charge is 2.16. The number of non-ortho nitro benzene ring substituents is 1. The fraction of sp³-hybridized carbons (Fsp3) is 0.118. The second-order valence-corrected chi connectivity index (χ2v) is 6.12. The summed E-state index contributed by atoms with van der Waals surface area (Å²) in [6.07, 6.45) is 1.64. The van der Waals surface area contributed by atoms with E-state index >= 15 is 0 Å². The van der Waals surface area contributed by atoms with Gasteiger partial charge in [0.05, 0.1) is 16.0 Å². The van der Waals surface area contributed by atoms with Crippen LogP contribution in [0.4, 0.5) is 11.4 Å². The predicted molar refractivity (Wildman–Crippen MR) is 94.6 cm³/mol. The third-order valence-electron chi connectivity index (χ3n) is 3.69. The standard InChI is InChI=1S/C17H14BrN3O2/c1-11(12-4-6-13(18)7-5-12)20-15-8-9-16(21(22)23)14-3-2-10-19-17(14)15/h2-11,20H,1H3/t11-/m0/s1. The molecule has 0 saturated carbocycles. The topological polar surface area (TPSA) is 68.1 Å². The highest BCUT2D eigenvalue weighted by molar-refractivity contribution is 9.10. The van der Waals surface area contributed by atoms with Gasteiger partial charge in [0.15, 0.2) is 0 Å². The van der Waals surface area contributed by atoms with Crippen molar-refractivity contribution in [3.63, 3.8) is 0 Å². The summed E-state index contributed by atoms with van der Waals surface area (Å²) in [7, 11) is 0. The average Bonchev–Trinajstić information content (AvgIpc) is 2.55. The van der Waals surface area contributed by atoms with Crippen molar-refractivity contribution in [3.05, 3.63) is 74.9 Å². The number of hydrogen-bond acceptors (Lipinski definition) is 4. The highest BCUT2D eigenvalue weighted by Crippen LogP contribution is 2.31. The van der Waals surface area contributed by atoms with Crippen molar-refractivity contribution < 1.29 is 4.92 Å². The van der Waals surface area contributed by atoms with Gasteiger partial charge in [-0.25, -0.2) is 0 Å². The van der Waals surface area contributed by atoms with E-state index in [-0.39, 0.29) is 16.7 Å². The van der Waals surface area contributed by atoms with Gasteiger partial charge in [-0.15, -0.1) is 0 Å². The zero-order valence-electron chi connectivity index (χ0n) is 12.4. The van der Waals surface area contributed by atoms with Gasteiger partial charge in [0, 0.05) is 22.8 Å². The molecule has 0 radical (unpaired) electrons. The zero-order valence-corrected chi connectivity index (χ0v) is 13.9. The molecule has 23 heavy (non-hydrogen) atoms. The molecule has 3 aromatic rings. The van der Waals surface area contributed by atoms with Crippen LogP contribution in [-0.2, 0) is 0 Å². The van der Waals surface area contributed by atoms with Crippen molar-refractivity contribution in [1.29, 1.82) is 0 Å². The monoisotopic (exact) mass is 371 g/mol. The number of nitrogens with one attached hydrogen (secondary N) is 1. The Labute approximate surface area is 141 Å². The number of pyridine rings is 1. The maximum absolute atomic E-state index is 11.2. The first-order valence-corrected chi connectivity index (χ1v) is 7.89. The lowest BCUT2D eigenvalue weighted by Crippen LogP contribution is -2.07. The second kappa shape index (κ2) is 6.34. The molecule has 3 rings (SSSR count). The molecule has 0 aliphatic heterocycles. The lowest BCUT2D eigenvalue weighted by atomic mass is 10.1. The normalized spacial score (nSPS) is 12.1. The van der Waals surface area contributed by atoms with E-state index in [9.17, 15) is 10.1 Å². The van der Waals surface area contributed by atoms with Gasteiger partial charge in [-0.1, -0.05) is 28.1 Å². The van der Waals surface area contributed by atoms with E-state index in [2.05, 4.69) is 26.2 Å². The van der Waals surface area contributed by atoms with E-state index in [1.54, 1.807) is 24.4 Å². The minimum absolute atomic E-state index is 0.0507. The molecule has 0 bridgehead atoms. The van der Waals surface area contributed by atoms with Crippen LogP contribution in [0.1, 0.15) is 18.5 Å². The first-order chi connectivity index (χ1) is 11.1. The number of hydrogen-bond donors (Lipinski definition) is 1. The van der Waals surface area contributed by atoms with Gasteiger partial charge in [-0.05, 0) is 42.8 Å². The average molecular weight is 372 g/mol. The number of halogens is 1. The number of anilines is 1. The van der Waals surface area contributed by atoms with Gasteiger partial charge in [0.25, 0.3) is 5.69 Å². The van der Waals surface area contributed by atoms with Crippen LogP contribution in [0, 0.1) is 10.1 Å². The molecule has 0 saturated heterocycles. The van der Waals surface area contributed by atoms with Crippen LogP contribution >= 0.6 is 15.9 Å². The van der Waals surface area contributed by atoms with Crippen molar-refractivity contribution in [3.8, 4) is 0 Å². The molecule has 1 N–H and O–H groups in total. The summed E-state index contributed by atoms with van der Waals surface area (Å²) >= 11 is 3.42. The Morgan fingerprint density at radius 3 is 2.61 bits per heavy atom. The second-order valence-electron chi connectivity index (χ2n) is 5.21. The molecule has 0 aliphatic carbocycles. The Morgan fingerprint density at radius 2 is 1.91 bits per heavy atom. The molecule has 0 fully saturated rings. The number of nitrogens with zero attached hydrogens (tertiary/aromatic N) is 2. The third-order valence-corrected chi connectivity index (χ3v) is 4.21. The van der Waals surface area contributed by atoms with Crippen molar-refractivity contribution in [2.75, 3.05) is 5.32 Å². The smallest absolute Gasteiger partial charge is 0.278 e. The summed E-state index contributed by atoms with van der Waals surface area (Å²) in [5.41, 5.74) is 2.57. The van der Waals surface area contributed by atoms with Crippen LogP contribution in [0.3, 0.4) is 0 Å². The molecule has 1 atom stereocenters. The van der Waals surface area contributed by atoms with Gasteiger partial charge in [-0.2, -0.15) is 0 Å². The Bertz CT molecular complexity index is 865. The van der Waals surface area contributed by atoms with Gasteiger partial charge in [0.1, 0.15) is 5.52 Å². The van der Waals surface area contributed by atoms with Crippen LogP contribution in [0.25, 0.3) is 10.9 Å². The molecular formula is C17H14BrN3O2. The van der Waals surface area contributed by atoms with Crippen LogP contribution in [0.2, 0.25) is 0 Å². The number of nitro benzene ring substituents is 1. The SMILES string of the molecule is C[C@H](Nc1ccc([N+](=O)[O-])c2cccnc12)c1ccc(Br)cc1. The van der Waals surface area contributed by atoms with E-state index < -0.39 is 0 Å². The van der Waals surface area contributed by atoms with E-state index in [0.29, 0.717) is 10.9 Å². The van der Waals surface area contributed by atoms with Crippen molar-refractivity contribution in [2.24, 2.45) is 0 Å². The van der Waals surface area contributed by atoms with Gasteiger partial charge >= 0.3 is 0 Å². The number of fused-ring (bicyclic) bond motifs is 1. The molecule has 1 heterocycles. The number of aromatic nitrogens is 1. The molecule has 0 unspecified atom stereocenters. The van der Waals surface area contributed by atoms with Crippen LogP contribution < -0.4 is 5.32 Å². The van der Waals surface area contributed by atoms with Gasteiger partial charge < -0.3 is 5.32 Å². The fourth-order valence-electron chi connectivity index (χ4n) is 2.50. The Morgan fingerprint density at radius 1 is 1.17 bits per heavy atom. The zero-order chi connectivity index (χ0) is 16.4. The van der Waals surface area contributed by atoms with Crippen LogP contribution in [0.5, 0.6) is 0 Å². The van der Waals surface area contributed by atoms with E-state index in [4.69, 9.17) is 0 Å². The highest BCUT2D eigenvalue weighted by atomic mass is 79.9. The third kappa shape index (κ3) is 3.17. The minimum atomic E-state index is -0.383. The van der Waals surface area contributed by atoms with Crippen LogP contribution in [0.15, 0.2) is 59.2 Å². The molecular weight excluding hydrogens is 358 g/mol. The number of nitro groups is 1. The molecule has 116 valence electrons. The van der Waals surface area contributed by atoms with Crippen molar-refractivity contribution >= 4 is 38.2 Å². The first kappa shape index (κ1) is 15.4. The van der Waals surface area contributed by atoms with Gasteiger partial charge in [0.2, 0.25) is 0 Å².